The van der Waals surface area contributed by atoms with Crippen LogP contribution in [-0.2, 0) is 0 Å². The Bertz CT molecular complexity index is 738. The molecule has 0 saturated heterocycles. The topological polar surface area (TPSA) is 43.1 Å². The molecule has 0 spiro atoms. The first-order valence-corrected chi connectivity index (χ1v) is 5.67. The summed E-state index contributed by atoms with van der Waals surface area (Å²) in [6.45, 7) is 1.77. The van der Waals surface area contributed by atoms with Gasteiger partial charge in [0, 0.05) is 11.8 Å². The van der Waals surface area contributed by atoms with Crippen LogP contribution in [0.2, 0.25) is 5.15 Å². The second-order valence-electron chi connectivity index (χ2n) is 3.86. The van der Waals surface area contributed by atoms with E-state index in [2.05, 4.69) is 15.1 Å². The monoisotopic (exact) mass is 262 g/mol. The van der Waals surface area contributed by atoms with Crippen molar-refractivity contribution in [1.82, 2.24) is 19.6 Å². The Hall–Kier alpha value is -2.01. The summed E-state index contributed by atoms with van der Waals surface area (Å²) in [4.78, 5) is 8.24. The van der Waals surface area contributed by atoms with Crippen LogP contribution < -0.4 is 0 Å². The second kappa shape index (κ2) is 4.03. The van der Waals surface area contributed by atoms with Crippen LogP contribution >= 0.6 is 11.6 Å². The van der Waals surface area contributed by atoms with Crippen LogP contribution in [0.4, 0.5) is 4.39 Å². The molecule has 0 atom stereocenters. The predicted octanol–water partition coefficient (Wildman–Crippen LogP) is 2.89. The van der Waals surface area contributed by atoms with Gasteiger partial charge in [0.1, 0.15) is 16.8 Å². The molecule has 4 nitrogen and oxygen atoms in total. The SMILES string of the molecule is Cc1nc2nc(Cl)c(-c3cccc(F)c3)cn2n1. The molecular weight excluding hydrogens is 255 g/mol. The minimum Gasteiger partial charge on any atom is -0.207 e. The Kier molecular flexibility index (Phi) is 2.48. The van der Waals surface area contributed by atoms with Crippen molar-refractivity contribution < 1.29 is 4.39 Å². The fourth-order valence-electron chi connectivity index (χ4n) is 1.76. The Morgan fingerprint density at radius 1 is 1.28 bits per heavy atom. The van der Waals surface area contributed by atoms with E-state index in [1.165, 1.54) is 16.6 Å². The maximum absolute atomic E-state index is 13.2. The molecule has 3 rings (SSSR count). The summed E-state index contributed by atoms with van der Waals surface area (Å²) in [6, 6.07) is 6.17. The van der Waals surface area contributed by atoms with Crippen LogP contribution in [-0.4, -0.2) is 19.6 Å². The van der Waals surface area contributed by atoms with E-state index < -0.39 is 0 Å². The molecule has 0 fully saturated rings. The average Bonchev–Trinajstić information content (AvgIpc) is 2.67. The van der Waals surface area contributed by atoms with Gasteiger partial charge in [-0.05, 0) is 24.6 Å². The van der Waals surface area contributed by atoms with Crippen molar-refractivity contribution in [2.75, 3.05) is 0 Å². The number of aryl methyl sites for hydroxylation is 1. The number of fused-ring (bicyclic) bond motifs is 1. The zero-order valence-corrected chi connectivity index (χ0v) is 10.2. The minimum absolute atomic E-state index is 0.278. The van der Waals surface area contributed by atoms with Gasteiger partial charge in [0.2, 0.25) is 0 Å². The van der Waals surface area contributed by atoms with Crippen molar-refractivity contribution in [2.24, 2.45) is 0 Å². The molecule has 0 amide bonds. The van der Waals surface area contributed by atoms with Crippen molar-refractivity contribution in [1.29, 1.82) is 0 Å². The molecule has 0 unspecified atom stereocenters. The highest BCUT2D eigenvalue weighted by atomic mass is 35.5. The molecule has 1 aromatic carbocycles. The van der Waals surface area contributed by atoms with E-state index in [1.807, 2.05) is 0 Å². The highest BCUT2D eigenvalue weighted by Gasteiger charge is 2.10. The molecule has 0 radical (unpaired) electrons. The van der Waals surface area contributed by atoms with Crippen LogP contribution in [0, 0.1) is 12.7 Å². The molecule has 0 aliphatic heterocycles. The highest BCUT2D eigenvalue weighted by Crippen LogP contribution is 2.26. The van der Waals surface area contributed by atoms with E-state index in [1.54, 1.807) is 25.3 Å². The van der Waals surface area contributed by atoms with Crippen LogP contribution in [0.25, 0.3) is 16.9 Å². The number of hydrogen-bond acceptors (Lipinski definition) is 3. The zero-order valence-electron chi connectivity index (χ0n) is 9.43. The van der Waals surface area contributed by atoms with Gasteiger partial charge in [0.15, 0.2) is 0 Å². The molecule has 18 heavy (non-hydrogen) atoms. The van der Waals surface area contributed by atoms with Crippen molar-refractivity contribution in [3.8, 4) is 11.1 Å². The van der Waals surface area contributed by atoms with E-state index in [9.17, 15) is 4.39 Å². The van der Waals surface area contributed by atoms with Crippen molar-refractivity contribution in [2.45, 2.75) is 6.92 Å². The predicted molar refractivity (Wildman–Crippen MR) is 65.9 cm³/mol. The number of hydrogen-bond donors (Lipinski definition) is 0. The molecule has 0 aliphatic rings. The molecule has 0 bridgehead atoms. The quantitative estimate of drug-likeness (QED) is 0.634. The summed E-state index contributed by atoms with van der Waals surface area (Å²) in [5, 5.41) is 4.43. The second-order valence-corrected chi connectivity index (χ2v) is 4.22. The van der Waals surface area contributed by atoms with Crippen LogP contribution in [0.3, 0.4) is 0 Å². The lowest BCUT2D eigenvalue weighted by Gasteiger charge is -2.04. The maximum atomic E-state index is 13.2. The number of rotatable bonds is 1. The largest absolute Gasteiger partial charge is 0.253 e. The van der Waals surface area contributed by atoms with Gasteiger partial charge in [-0.15, -0.1) is 0 Å². The lowest BCUT2D eigenvalue weighted by Crippen LogP contribution is -1.94. The first kappa shape index (κ1) is 11.1. The van der Waals surface area contributed by atoms with Gasteiger partial charge < -0.3 is 0 Å². The lowest BCUT2D eigenvalue weighted by molar-refractivity contribution is 0.628. The first-order valence-electron chi connectivity index (χ1n) is 5.29. The minimum atomic E-state index is -0.321. The molecule has 2 heterocycles. The smallest absolute Gasteiger partial charge is 0.207 e. The molecular formula is C12H8ClFN4. The Morgan fingerprint density at radius 2 is 2.11 bits per heavy atom. The lowest BCUT2D eigenvalue weighted by atomic mass is 10.1. The van der Waals surface area contributed by atoms with Crippen molar-refractivity contribution in [3.05, 3.63) is 47.3 Å². The van der Waals surface area contributed by atoms with Gasteiger partial charge in [-0.25, -0.2) is 8.91 Å². The summed E-state index contributed by atoms with van der Waals surface area (Å²) < 4.78 is 14.7. The number of halogens is 2. The van der Waals surface area contributed by atoms with E-state index in [-0.39, 0.29) is 11.0 Å². The molecule has 0 N–H and O–H groups in total. The van der Waals surface area contributed by atoms with Gasteiger partial charge in [-0.3, -0.25) is 0 Å². The third-order valence-electron chi connectivity index (χ3n) is 2.53. The van der Waals surface area contributed by atoms with Crippen LogP contribution in [0.1, 0.15) is 5.82 Å². The maximum Gasteiger partial charge on any atom is 0.253 e. The first-order chi connectivity index (χ1) is 8.63. The van der Waals surface area contributed by atoms with Gasteiger partial charge in [-0.2, -0.15) is 15.1 Å². The van der Waals surface area contributed by atoms with Crippen LogP contribution in [0.15, 0.2) is 30.5 Å². The molecule has 90 valence electrons. The van der Waals surface area contributed by atoms with Crippen molar-refractivity contribution in [3.63, 3.8) is 0 Å². The summed E-state index contributed by atoms with van der Waals surface area (Å²) in [6.07, 6.45) is 1.69. The average molecular weight is 263 g/mol. The Balaban J connectivity index is 2.25. The number of benzene rings is 1. The summed E-state index contributed by atoms with van der Waals surface area (Å²) in [7, 11) is 0. The fourth-order valence-corrected chi connectivity index (χ4v) is 1.99. The molecule has 6 heteroatoms. The molecule has 0 aliphatic carbocycles. The number of aromatic nitrogens is 4. The molecule has 3 aromatic rings. The zero-order chi connectivity index (χ0) is 12.7. The van der Waals surface area contributed by atoms with Gasteiger partial charge in [-0.1, -0.05) is 23.7 Å². The van der Waals surface area contributed by atoms with E-state index >= 15 is 0 Å². The van der Waals surface area contributed by atoms with Gasteiger partial charge in [0.25, 0.3) is 5.78 Å². The molecule has 2 aromatic heterocycles. The van der Waals surface area contributed by atoms with E-state index in [0.29, 0.717) is 22.7 Å². The Labute approximate surface area is 107 Å². The third-order valence-corrected chi connectivity index (χ3v) is 2.81. The number of nitrogens with zero attached hydrogens (tertiary/aromatic N) is 4. The standard InChI is InChI=1S/C12H8ClFN4/c1-7-15-12-16-11(13)10(6-18(12)17-7)8-3-2-4-9(14)5-8/h2-6H,1H3. The summed E-state index contributed by atoms with van der Waals surface area (Å²) >= 11 is 6.08. The molecule has 0 saturated carbocycles. The highest BCUT2D eigenvalue weighted by molar-refractivity contribution is 6.32. The summed E-state index contributed by atoms with van der Waals surface area (Å²) in [5.41, 5.74) is 1.27. The van der Waals surface area contributed by atoms with Gasteiger partial charge >= 0.3 is 0 Å². The van der Waals surface area contributed by atoms with Gasteiger partial charge in [0.05, 0.1) is 0 Å². The third kappa shape index (κ3) is 1.82. The van der Waals surface area contributed by atoms with Crippen LogP contribution in [0.5, 0.6) is 0 Å². The van der Waals surface area contributed by atoms with E-state index in [4.69, 9.17) is 11.6 Å². The summed E-state index contributed by atoms with van der Waals surface area (Å²) in [5.74, 6) is 0.714. The normalized spacial score (nSPS) is 11.1. The van der Waals surface area contributed by atoms with E-state index in [0.717, 1.165) is 0 Å². The fraction of sp³-hybridized carbons (Fsp3) is 0.0833. The Morgan fingerprint density at radius 3 is 2.89 bits per heavy atom. The van der Waals surface area contributed by atoms with Crippen molar-refractivity contribution >= 4 is 17.4 Å².